The van der Waals surface area contributed by atoms with Gasteiger partial charge in [0.25, 0.3) is 5.91 Å². The highest BCUT2D eigenvalue weighted by Crippen LogP contribution is 2.26. The zero-order valence-electron chi connectivity index (χ0n) is 14.5. The molecule has 8 heteroatoms. The number of carbonyl (C=O) groups is 1. The number of hydrogen-bond donors (Lipinski definition) is 2. The van der Waals surface area contributed by atoms with E-state index in [0.717, 1.165) is 25.8 Å². The molecule has 1 amide bonds. The van der Waals surface area contributed by atoms with E-state index in [9.17, 15) is 13.2 Å². The fourth-order valence-corrected chi connectivity index (χ4v) is 4.92. The van der Waals surface area contributed by atoms with E-state index in [1.165, 1.54) is 0 Å². The van der Waals surface area contributed by atoms with Crippen molar-refractivity contribution < 1.29 is 17.9 Å². The predicted octanol–water partition coefficient (Wildman–Crippen LogP) is 1.10. The maximum Gasteiger partial charge on any atom is 0.254 e. The second-order valence-corrected chi connectivity index (χ2v) is 8.40. The van der Waals surface area contributed by atoms with E-state index >= 15 is 0 Å². The molecule has 2 heterocycles. The van der Waals surface area contributed by atoms with Crippen molar-refractivity contribution in [1.29, 1.82) is 0 Å². The number of rotatable bonds is 4. The quantitative estimate of drug-likeness (QED) is 0.832. The standard InChI is InChI=1S/C17H25N3O4S/c1-13-5-6-14(19-17(21)15-12-18-7-10-24-15)11-16(13)25(22,23)20-8-3-2-4-9-20/h5-6,11,15,18H,2-4,7-10,12H2,1H3,(H,19,21). The fraction of sp³-hybridized carbons (Fsp3) is 0.588. The van der Waals surface area contributed by atoms with Crippen molar-refractivity contribution in [2.45, 2.75) is 37.2 Å². The van der Waals surface area contributed by atoms with Gasteiger partial charge in [-0.05, 0) is 37.5 Å². The van der Waals surface area contributed by atoms with Crippen molar-refractivity contribution in [3.05, 3.63) is 23.8 Å². The van der Waals surface area contributed by atoms with Crippen LogP contribution in [-0.4, -0.2) is 57.5 Å². The van der Waals surface area contributed by atoms with Crippen molar-refractivity contribution in [2.24, 2.45) is 0 Å². The molecule has 1 atom stereocenters. The molecule has 1 aromatic rings. The van der Waals surface area contributed by atoms with Crippen molar-refractivity contribution >= 4 is 21.6 Å². The van der Waals surface area contributed by atoms with Crippen molar-refractivity contribution in [3.63, 3.8) is 0 Å². The van der Waals surface area contributed by atoms with Crippen LogP contribution < -0.4 is 10.6 Å². The van der Waals surface area contributed by atoms with Crippen LogP contribution in [0, 0.1) is 6.92 Å². The van der Waals surface area contributed by atoms with Crippen LogP contribution in [-0.2, 0) is 19.6 Å². The van der Waals surface area contributed by atoms with Gasteiger partial charge in [0.1, 0.15) is 6.10 Å². The summed E-state index contributed by atoms with van der Waals surface area (Å²) in [4.78, 5) is 12.5. The fourth-order valence-electron chi connectivity index (χ4n) is 3.16. The molecule has 2 aliphatic heterocycles. The number of nitrogens with zero attached hydrogens (tertiary/aromatic N) is 1. The Bertz CT molecular complexity index is 723. The van der Waals surface area contributed by atoms with Gasteiger partial charge in [0.05, 0.1) is 11.5 Å². The number of anilines is 1. The number of ether oxygens (including phenoxy) is 1. The highest BCUT2D eigenvalue weighted by molar-refractivity contribution is 7.89. The molecule has 0 saturated carbocycles. The van der Waals surface area contributed by atoms with Crippen LogP contribution in [0.2, 0.25) is 0 Å². The second kappa shape index (κ2) is 7.82. The van der Waals surface area contributed by atoms with Gasteiger partial charge in [-0.15, -0.1) is 0 Å². The first-order valence-electron chi connectivity index (χ1n) is 8.72. The lowest BCUT2D eigenvalue weighted by atomic mass is 10.2. The van der Waals surface area contributed by atoms with Crippen LogP contribution in [0.3, 0.4) is 0 Å². The predicted molar refractivity (Wildman–Crippen MR) is 95.0 cm³/mol. The SMILES string of the molecule is Cc1ccc(NC(=O)C2CNCCO2)cc1S(=O)(=O)N1CCCCC1. The summed E-state index contributed by atoms with van der Waals surface area (Å²) < 4.78 is 32.8. The Morgan fingerprint density at radius 1 is 1.28 bits per heavy atom. The van der Waals surface area contributed by atoms with Gasteiger partial charge in [-0.1, -0.05) is 12.5 Å². The number of nitrogens with one attached hydrogen (secondary N) is 2. The van der Waals surface area contributed by atoms with Gasteiger partial charge in [0.15, 0.2) is 0 Å². The number of carbonyl (C=O) groups excluding carboxylic acids is 1. The van der Waals surface area contributed by atoms with Gasteiger partial charge >= 0.3 is 0 Å². The number of benzene rings is 1. The van der Waals surface area contributed by atoms with Gasteiger partial charge in [0.2, 0.25) is 10.0 Å². The Morgan fingerprint density at radius 3 is 2.72 bits per heavy atom. The minimum Gasteiger partial charge on any atom is -0.366 e. The minimum atomic E-state index is -3.54. The summed E-state index contributed by atoms with van der Waals surface area (Å²) in [6, 6.07) is 5.00. The van der Waals surface area contributed by atoms with E-state index in [-0.39, 0.29) is 10.8 Å². The number of amides is 1. The Balaban J connectivity index is 1.79. The van der Waals surface area contributed by atoms with Crippen molar-refractivity contribution in [1.82, 2.24) is 9.62 Å². The summed E-state index contributed by atoms with van der Waals surface area (Å²) in [5.41, 5.74) is 1.15. The molecule has 0 spiro atoms. The largest absolute Gasteiger partial charge is 0.366 e. The van der Waals surface area contributed by atoms with E-state index in [0.29, 0.717) is 37.5 Å². The molecule has 0 bridgehead atoms. The molecule has 0 aliphatic carbocycles. The maximum absolute atomic E-state index is 12.9. The van der Waals surface area contributed by atoms with Gasteiger partial charge < -0.3 is 15.4 Å². The molecular weight excluding hydrogens is 342 g/mol. The summed E-state index contributed by atoms with van der Waals surface area (Å²) in [5, 5.41) is 5.87. The van der Waals surface area contributed by atoms with Crippen LogP contribution in [0.4, 0.5) is 5.69 Å². The zero-order valence-corrected chi connectivity index (χ0v) is 15.3. The van der Waals surface area contributed by atoms with E-state index in [1.807, 2.05) is 0 Å². The first-order chi connectivity index (χ1) is 12.0. The summed E-state index contributed by atoms with van der Waals surface area (Å²) in [5.74, 6) is -0.266. The third-order valence-electron chi connectivity index (χ3n) is 4.61. The van der Waals surface area contributed by atoms with Gasteiger partial charge in [0, 0.05) is 31.9 Å². The monoisotopic (exact) mass is 367 g/mol. The molecule has 138 valence electrons. The van der Waals surface area contributed by atoms with Crippen LogP contribution >= 0.6 is 0 Å². The van der Waals surface area contributed by atoms with Gasteiger partial charge in [-0.3, -0.25) is 4.79 Å². The minimum absolute atomic E-state index is 0.259. The first kappa shape index (κ1) is 18.3. The number of hydrogen-bond acceptors (Lipinski definition) is 5. The normalized spacial score (nSPS) is 22.5. The van der Waals surface area contributed by atoms with E-state index < -0.39 is 16.1 Å². The molecule has 0 radical (unpaired) electrons. The van der Waals surface area contributed by atoms with E-state index in [2.05, 4.69) is 10.6 Å². The molecule has 25 heavy (non-hydrogen) atoms. The number of piperidine rings is 1. The summed E-state index contributed by atoms with van der Waals surface area (Å²) in [6.45, 7) is 4.56. The van der Waals surface area contributed by atoms with Gasteiger partial charge in [-0.25, -0.2) is 8.42 Å². The van der Waals surface area contributed by atoms with Crippen molar-refractivity contribution in [2.75, 3.05) is 38.1 Å². The number of aryl methyl sites for hydroxylation is 1. The topological polar surface area (TPSA) is 87.7 Å². The highest BCUT2D eigenvalue weighted by Gasteiger charge is 2.28. The lowest BCUT2D eigenvalue weighted by molar-refractivity contribution is -0.128. The lowest BCUT2D eigenvalue weighted by Crippen LogP contribution is -2.45. The molecule has 2 fully saturated rings. The molecule has 2 saturated heterocycles. The second-order valence-electron chi connectivity index (χ2n) is 6.50. The summed E-state index contributed by atoms with van der Waals surface area (Å²) >= 11 is 0. The molecule has 3 rings (SSSR count). The molecule has 2 aliphatic rings. The van der Waals surface area contributed by atoms with Gasteiger partial charge in [-0.2, -0.15) is 4.31 Å². The maximum atomic E-state index is 12.9. The summed E-state index contributed by atoms with van der Waals surface area (Å²) in [7, 11) is -3.54. The Hall–Kier alpha value is -1.48. The average molecular weight is 367 g/mol. The highest BCUT2D eigenvalue weighted by atomic mass is 32.2. The zero-order chi connectivity index (χ0) is 17.9. The number of sulfonamides is 1. The Kier molecular flexibility index (Phi) is 5.73. The lowest BCUT2D eigenvalue weighted by Gasteiger charge is -2.27. The number of morpholine rings is 1. The van der Waals surface area contributed by atoms with E-state index in [4.69, 9.17) is 4.74 Å². The Labute approximate surface area is 148 Å². The van der Waals surface area contributed by atoms with Crippen LogP contribution in [0.15, 0.2) is 23.1 Å². The molecule has 2 N–H and O–H groups in total. The van der Waals surface area contributed by atoms with Crippen LogP contribution in [0.25, 0.3) is 0 Å². The summed E-state index contributed by atoms with van der Waals surface area (Å²) in [6.07, 6.45) is 2.29. The van der Waals surface area contributed by atoms with Crippen molar-refractivity contribution in [3.8, 4) is 0 Å². The molecule has 1 unspecified atom stereocenters. The first-order valence-corrected chi connectivity index (χ1v) is 10.2. The Morgan fingerprint density at radius 2 is 2.04 bits per heavy atom. The molecule has 0 aromatic heterocycles. The smallest absolute Gasteiger partial charge is 0.254 e. The molecule has 7 nitrogen and oxygen atoms in total. The van der Waals surface area contributed by atoms with Crippen LogP contribution in [0.1, 0.15) is 24.8 Å². The third kappa shape index (κ3) is 4.20. The van der Waals surface area contributed by atoms with E-state index in [1.54, 1.807) is 29.4 Å². The average Bonchev–Trinajstić information content (AvgIpc) is 2.64. The third-order valence-corrected chi connectivity index (χ3v) is 6.65. The molecule has 1 aromatic carbocycles. The molecular formula is C17H25N3O4S. The van der Waals surface area contributed by atoms with Crippen LogP contribution in [0.5, 0.6) is 0 Å².